The van der Waals surface area contributed by atoms with Gasteiger partial charge in [0.1, 0.15) is 9.84 Å². The van der Waals surface area contributed by atoms with Crippen LogP contribution in [0.3, 0.4) is 0 Å². The number of amides is 2. The molecule has 0 saturated carbocycles. The van der Waals surface area contributed by atoms with Crippen LogP contribution < -0.4 is 5.32 Å². The van der Waals surface area contributed by atoms with Gasteiger partial charge < -0.3 is 4.90 Å². The van der Waals surface area contributed by atoms with Crippen molar-refractivity contribution in [3.63, 3.8) is 0 Å². The highest BCUT2D eigenvalue weighted by molar-refractivity contribution is 7.90. The van der Waals surface area contributed by atoms with Crippen LogP contribution in [0.1, 0.15) is 26.7 Å². The molecule has 0 radical (unpaired) electrons. The standard InChI is InChI=1S/C15H26N4O3S/c1-12-4-6-18(11-13(2)10-12)15(20)16-14-5-7-19(17-14)8-9-23(3,21)22/h5,7,12-13H,4,6,8-11H2,1-3H3,(H,16,17,20)/t12-,13-/m1/s1. The fraction of sp³-hybridized carbons (Fsp3) is 0.733. The summed E-state index contributed by atoms with van der Waals surface area (Å²) in [6, 6.07) is 1.55. The second kappa shape index (κ2) is 7.33. The van der Waals surface area contributed by atoms with Crippen LogP contribution in [-0.4, -0.2) is 54.2 Å². The van der Waals surface area contributed by atoms with Gasteiger partial charge in [-0.15, -0.1) is 0 Å². The van der Waals surface area contributed by atoms with E-state index in [4.69, 9.17) is 0 Å². The van der Waals surface area contributed by atoms with Gasteiger partial charge in [0.2, 0.25) is 0 Å². The molecule has 1 fully saturated rings. The molecule has 0 spiro atoms. The van der Waals surface area contributed by atoms with Gasteiger partial charge in [-0.05, 0) is 24.7 Å². The Bertz CT molecular complexity index is 641. The third kappa shape index (κ3) is 5.85. The van der Waals surface area contributed by atoms with E-state index in [0.29, 0.717) is 17.7 Å². The molecule has 1 aliphatic heterocycles. The molecule has 2 rings (SSSR count). The van der Waals surface area contributed by atoms with Gasteiger partial charge in [0.25, 0.3) is 0 Å². The number of aryl methyl sites for hydroxylation is 1. The Balaban J connectivity index is 1.91. The first kappa shape index (κ1) is 17.8. The molecule has 1 aliphatic rings. The van der Waals surface area contributed by atoms with E-state index in [-0.39, 0.29) is 18.3 Å². The number of hydrogen-bond acceptors (Lipinski definition) is 4. The Morgan fingerprint density at radius 2 is 2.13 bits per heavy atom. The molecule has 1 saturated heterocycles. The van der Waals surface area contributed by atoms with E-state index in [0.717, 1.165) is 25.9 Å². The first-order valence-electron chi connectivity index (χ1n) is 8.00. The van der Waals surface area contributed by atoms with E-state index >= 15 is 0 Å². The molecule has 0 bridgehead atoms. The summed E-state index contributed by atoms with van der Waals surface area (Å²) in [6.45, 7) is 6.19. The number of nitrogens with zero attached hydrogens (tertiary/aromatic N) is 3. The minimum atomic E-state index is -3.03. The van der Waals surface area contributed by atoms with E-state index < -0.39 is 9.84 Å². The molecule has 130 valence electrons. The molecule has 2 heterocycles. The second-order valence-corrected chi connectivity index (χ2v) is 8.96. The largest absolute Gasteiger partial charge is 0.324 e. The van der Waals surface area contributed by atoms with Crippen LogP contribution in [-0.2, 0) is 16.4 Å². The van der Waals surface area contributed by atoms with Crippen LogP contribution in [0.15, 0.2) is 12.3 Å². The van der Waals surface area contributed by atoms with Crippen LogP contribution in [0.5, 0.6) is 0 Å². The summed E-state index contributed by atoms with van der Waals surface area (Å²) >= 11 is 0. The number of carbonyl (C=O) groups excluding carboxylic acids is 1. The molecular weight excluding hydrogens is 316 g/mol. The first-order chi connectivity index (χ1) is 10.7. The summed E-state index contributed by atoms with van der Waals surface area (Å²) < 4.78 is 23.9. The monoisotopic (exact) mass is 342 g/mol. The van der Waals surface area contributed by atoms with Gasteiger partial charge in [-0.25, -0.2) is 13.2 Å². The minimum Gasteiger partial charge on any atom is -0.324 e. The van der Waals surface area contributed by atoms with Crippen molar-refractivity contribution in [1.29, 1.82) is 0 Å². The zero-order valence-corrected chi connectivity index (χ0v) is 14.8. The highest BCUT2D eigenvalue weighted by Crippen LogP contribution is 2.21. The molecule has 0 unspecified atom stereocenters. The van der Waals surface area contributed by atoms with Crippen LogP contribution in [0.2, 0.25) is 0 Å². The Labute approximate surface area is 138 Å². The average Bonchev–Trinajstić information content (AvgIpc) is 2.80. The maximum absolute atomic E-state index is 12.4. The molecule has 0 aromatic carbocycles. The van der Waals surface area contributed by atoms with Crippen molar-refractivity contribution in [2.75, 3.05) is 30.4 Å². The first-order valence-corrected chi connectivity index (χ1v) is 10.1. The van der Waals surface area contributed by atoms with Gasteiger partial charge >= 0.3 is 6.03 Å². The number of anilines is 1. The smallest absolute Gasteiger partial charge is 0.323 e. The quantitative estimate of drug-likeness (QED) is 0.905. The predicted molar refractivity (Wildman–Crippen MR) is 90.1 cm³/mol. The number of rotatable bonds is 4. The second-order valence-electron chi connectivity index (χ2n) is 6.70. The van der Waals surface area contributed by atoms with Gasteiger partial charge in [0, 0.05) is 31.6 Å². The van der Waals surface area contributed by atoms with Crippen LogP contribution in [0, 0.1) is 11.8 Å². The lowest BCUT2D eigenvalue weighted by molar-refractivity contribution is 0.207. The van der Waals surface area contributed by atoms with Crippen LogP contribution in [0.25, 0.3) is 0 Å². The highest BCUT2D eigenvalue weighted by atomic mass is 32.2. The molecule has 7 nitrogen and oxygen atoms in total. The van der Waals surface area contributed by atoms with Gasteiger partial charge in [-0.1, -0.05) is 13.8 Å². The third-order valence-corrected chi connectivity index (χ3v) is 5.01. The van der Waals surface area contributed by atoms with Crippen molar-refractivity contribution < 1.29 is 13.2 Å². The van der Waals surface area contributed by atoms with Crippen molar-refractivity contribution in [2.45, 2.75) is 33.2 Å². The zero-order chi connectivity index (χ0) is 17.0. The van der Waals surface area contributed by atoms with Crippen molar-refractivity contribution in [3.8, 4) is 0 Å². The number of nitrogens with one attached hydrogen (secondary N) is 1. The normalized spacial score (nSPS) is 22.7. The highest BCUT2D eigenvalue weighted by Gasteiger charge is 2.23. The van der Waals surface area contributed by atoms with Crippen molar-refractivity contribution in [1.82, 2.24) is 14.7 Å². The Hall–Kier alpha value is -1.57. The predicted octanol–water partition coefficient (Wildman–Crippen LogP) is 1.83. The summed E-state index contributed by atoms with van der Waals surface area (Å²) in [6.07, 6.45) is 5.03. The van der Waals surface area contributed by atoms with Crippen LogP contribution >= 0.6 is 0 Å². The molecule has 1 aromatic heterocycles. The van der Waals surface area contributed by atoms with Gasteiger partial charge in [0.15, 0.2) is 5.82 Å². The molecule has 1 aromatic rings. The molecule has 2 amide bonds. The van der Waals surface area contributed by atoms with E-state index in [9.17, 15) is 13.2 Å². The molecular formula is C15H26N4O3S. The SMILES string of the molecule is C[C@@H]1CCN(C(=O)Nc2ccn(CCS(C)(=O)=O)n2)C[C@H](C)C1. The Kier molecular flexibility index (Phi) is 5.67. The molecule has 2 atom stereocenters. The number of carbonyl (C=O) groups is 1. The number of sulfone groups is 1. The van der Waals surface area contributed by atoms with E-state index in [1.807, 2.05) is 4.90 Å². The molecule has 1 N–H and O–H groups in total. The lowest BCUT2D eigenvalue weighted by atomic mass is 9.97. The number of likely N-dealkylation sites (tertiary alicyclic amines) is 1. The van der Waals surface area contributed by atoms with Gasteiger partial charge in [-0.2, -0.15) is 5.10 Å². The Morgan fingerprint density at radius 1 is 1.39 bits per heavy atom. The summed E-state index contributed by atoms with van der Waals surface area (Å²) in [4.78, 5) is 14.2. The maximum atomic E-state index is 12.4. The van der Waals surface area contributed by atoms with Crippen molar-refractivity contribution in [3.05, 3.63) is 12.3 Å². The summed E-state index contributed by atoms with van der Waals surface area (Å²) in [7, 11) is -3.03. The number of hydrogen-bond donors (Lipinski definition) is 1. The van der Waals surface area contributed by atoms with E-state index in [1.54, 1.807) is 12.3 Å². The van der Waals surface area contributed by atoms with E-state index in [2.05, 4.69) is 24.3 Å². The third-order valence-electron chi connectivity index (χ3n) is 4.08. The topological polar surface area (TPSA) is 84.3 Å². The number of urea groups is 1. The minimum absolute atomic E-state index is 0.0313. The maximum Gasteiger partial charge on any atom is 0.323 e. The van der Waals surface area contributed by atoms with Crippen molar-refractivity contribution in [2.24, 2.45) is 11.8 Å². The summed E-state index contributed by atoms with van der Waals surface area (Å²) in [5.41, 5.74) is 0. The zero-order valence-electron chi connectivity index (χ0n) is 14.0. The summed E-state index contributed by atoms with van der Waals surface area (Å²) in [5.74, 6) is 1.61. The molecule has 0 aliphatic carbocycles. The average molecular weight is 342 g/mol. The lowest BCUT2D eigenvalue weighted by Gasteiger charge is -2.22. The fourth-order valence-electron chi connectivity index (χ4n) is 2.91. The van der Waals surface area contributed by atoms with Gasteiger partial charge in [-0.3, -0.25) is 10.00 Å². The number of aromatic nitrogens is 2. The molecule has 8 heteroatoms. The van der Waals surface area contributed by atoms with E-state index in [1.165, 1.54) is 10.9 Å². The molecule has 23 heavy (non-hydrogen) atoms. The summed E-state index contributed by atoms with van der Waals surface area (Å²) in [5, 5.41) is 7.00. The lowest BCUT2D eigenvalue weighted by Crippen LogP contribution is -2.37. The Morgan fingerprint density at radius 3 is 2.83 bits per heavy atom. The fourth-order valence-corrected chi connectivity index (χ4v) is 3.43. The van der Waals surface area contributed by atoms with Crippen LogP contribution in [0.4, 0.5) is 10.6 Å². The van der Waals surface area contributed by atoms with Crippen molar-refractivity contribution >= 4 is 21.7 Å². The van der Waals surface area contributed by atoms with Gasteiger partial charge in [0.05, 0.1) is 12.3 Å².